The quantitative estimate of drug-likeness (QED) is 0.436. The van der Waals surface area contributed by atoms with Crippen molar-refractivity contribution in [3.63, 3.8) is 0 Å². The van der Waals surface area contributed by atoms with Gasteiger partial charge in [-0.2, -0.15) is 0 Å². The summed E-state index contributed by atoms with van der Waals surface area (Å²) in [6, 6.07) is 7.68. The van der Waals surface area contributed by atoms with E-state index in [0.717, 1.165) is 45.6 Å². The van der Waals surface area contributed by atoms with Crippen LogP contribution in [0.5, 0.6) is 23.1 Å². The first kappa shape index (κ1) is 25.0. The average molecular weight is 517 g/mol. The Bertz CT molecular complexity index is 1190. The number of aromatic nitrogens is 2. The van der Waals surface area contributed by atoms with Crippen molar-refractivity contribution in [2.24, 2.45) is 0 Å². The molecule has 0 spiro atoms. The van der Waals surface area contributed by atoms with Crippen molar-refractivity contribution in [1.82, 2.24) is 19.8 Å². The Labute approximate surface area is 214 Å². The second-order valence-corrected chi connectivity index (χ2v) is 9.50. The van der Waals surface area contributed by atoms with E-state index < -0.39 is 5.82 Å². The fraction of sp³-hybridized carbons (Fsp3) is 0.462. The predicted molar refractivity (Wildman–Crippen MR) is 135 cm³/mol. The normalized spacial score (nSPS) is 17.9. The molecule has 1 aromatic heterocycles. The highest BCUT2D eigenvalue weighted by Crippen LogP contribution is 2.39. The predicted octanol–water partition coefficient (Wildman–Crippen LogP) is 4.40. The molecule has 0 aliphatic carbocycles. The van der Waals surface area contributed by atoms with E-state index >= 15 is 0 Å². The number of hydrogen-bond acceptors (Lipinski definition) is 8. The van der Waals surface area contributed by atoms with Crippen molar-refractivity contribution in [3.8, 4) is 23.1 Å². The summed E-state index contributed by atoms with van der Waals surface area (Å²) >= 11 is 6.20. The van der Waals surface area contributed by atoms with Crippen LogP contribution in [0, 0.1) is 5.82 Å². The second kappa shape index (κ2) is 11.6. The van der Waals surface area contributed by atoms with Gasteiger partial charge in [-0.15, -0.1) is 0 Å². The van der Waals surface area contributed by atoms with Gasteiger partial charge in [0.25, 0.3) is 0 Å². The van der Waals surface area contributed by atoms with Gasteiger partial charge in [-0.05, 0) is 25.2 Å². The molecule has 5 rings (SSSR count). The fourth-order valence-corrected chi connectivity index (χ4v) is 4.56. The summed E-state index contributed by atoms with van der Waals surface area (Å²) in [4.78, 5) is 13.5. The molecule has 2 aliphatic rings. The van der Waals surface area contributed by atoms with Gasteiger partial charge < -0.3 is 23.8 Å². The molecule has 10 heteroatoms. The molecule has 8 nitrogen and oxygen atoms in total. The number of hydrogen-bond donors (Lipinski definition) is 0. The molecule has 0 radical (unpaired) electrons. The van der Waals surface area contributed by atoms with Crippen molar-refractivity contribution < 1.29 is 23.3 Å². The molecule has 0 N–H and O–H groups in total. The number of nitrogens with zero attached hydrogens (tertiary/aromatic N) is 4. The minimum atomic E-state index is -0.443. The summed E-state index contributed by atoms with van der Waals surface area (Å²) in [5.41, 5.74) is 0.623. The molecule has 3 aromatic rings. The van der Waals surface area contributed by atoms with Crippen LogP contribution in [0.15, 0.2) is 36.7 Å². The Hall–Kier alpha value is -2.72. The zero-order chi connectivity index (χ0) is 24.9. The lowest BCUT2D eigenvalue weighted by molar-refractivity contribution is 0.0260. The molecular weight excluding hydrogens is 487 g/mol. The summed E-state index contributed by atoms with van der Waals surface area (Å²) in [6.45, 7) is 6.91. The Morgan fingerprint density at radius 2 is 1.86 bits per heavy atom. The fourth-order valence-electron chi connectivity index (χ4n) is 4.35. The van der Waals surface area contributed by atoms with E-state index in [1.807, 2.05) is 12.1 Å². The number of ether oxygens (including phenoxy) is 4. The molecule has 2 aromatic carbocycles. The van der Waals surface area contributed by atoms with Crippen molar-refractivity contribution in [1.29, 1.82) is 0 Å². The number of benzene rings is 2. The van der Waals surface area contributed by atoms with Crippen LogP contribution >= 0.6 is 11.6 Å². The molecule has 2 aliphatic heterocycles. The maximum atomic E-state index is 13.5. The molecular formula is C26H30ClFN4O4. The molecule has 0 unspecified atom stereocenters. The highest BCUT2D eigenvalue weighted by atomic mass is 35.5. The van der Waals surface area contributed by atoms with Crippen molar-refractivity contribution in [2.75, 3.05) is 59.6 Å². The van der Waals surface area contributed by atoms with Crippen molar-refractivity contribution in [2.45, 2.75) is 18.9 Å². The lowest BCUT2D eigenvalue weighted by Gasteiger charge is -2.32. The highest BCUT2D eigenvalue weighted by molar-refractivity contribution is 6.32. The average Bonchev–Trinajstić information content (AvgIpc) is 2.87. The second-order valence-electron chi connectivity index (χ2n) is 9.09. The van der Waals surface area contributed by atoms with E-state index in [1.165, 1.54) is 24.5 Å². The van der Waals surface area contributed by atoms with Crippen LogP contribution in [0.3, 0.4) is 0 Å². The van der Waals surface area contributed by atoms with Gasteiger partial charge in [0.1, 0.15) is 47.5 Å². The zero-order valence-electron chi connectivity index (χ0n) is 20.3. The molecule has 0 saturated carbocycles. The Balaban J connectivity index is 1.41. The van der Waals surface area contributed by atoms with Crippen LogP contribution in [0.2, 0.25) is 5.02 Å². The first-order valence-corrected chi connectivity index (χ1v) is 12.6. The molecule has 36 heavy (non-hydrogen) atoms. The summed E-state index contributed by atoms with van der Waals surface area (Å²) < 4.78 is 37.6. The maximum absolute atomic E-state index is 13.5. The van der Waals surface area contributed by atoms with Crippen LogP contribution in [0.25, 0.3) is 10.9 Å². The molecule has 2 saturated heterocycles. The third-order valence-electron chi connectivity index (χ3n) is 6.48. The SMILES string of the molecule is CN1CCN(CCOc2cc(OC3CCOCC3)c3c(Oc4ccc(F)cc4Cl)ncnc3c2)CC1. The van der Waals surface area contributed by atoms with Crippen LogP contribution in [-0.2, 0) is 4.74 Å². The Kier molecular flexibility index (Phi) is 8.01. The summed E-state index contributed by atoms with van der Waals surface area (Å²) in [5.74, 6) is 1.37. The Morgan fingerprint density at radius 3 is 2.64 bits per heavy atom. The highest BCUT2D eigenvalue weighted by Gasteiger charge is 2.21. The van der Waals surface area contributed by atoms with Crippen molar-refractivity contribution >= 4 is 22.5 Å². The van der Waals surface area contributed by atoms with E-state index in [-0.39, 0.29) is 17.0 Å². The van der Waals surface area contributed by atoms with E-state index in [2.05, 4.69) is 26.8 Å². The number of halogens is 2. The third kappa shape index (κ3) is 6.15. The first-order valence-electron chi connectivity index (χ1n) is 12.2. The zero-order valence-corrected chi connectivity index (χ0v) is 21.0. The number of piperazine rings is 1. The van der Waals surface area contributed by atoms with Gasteiger partial charge in [0.15, 0.2) is 0 Å². The number of rotatable bonds is 8. The summed E-state index contributed by atoms with van der Waals surface area (Å²) in [7, 11) is 2.15. The minimum absolute atomic E-state index is 0.00925. The summed E-state index contributed by atoms with van der Waals surface area (Å²) in [5, 5.41) is 0.758. The van der Waals surface area contributed by atoms with Crippen LogP contribution in [-0.4, -0.2) is 85.5 Å². The van der Waals surface area contributed by atoms with Gasteiger partial charge in [-0.3, -0.25) is 4.90 Å². The molecule has 3 heterocycles. The van der Waals surface area contributed by atoms with Crippen LogP contribution < -0.4 is 14.2 Å². The molecule has 2 fully saturated rings. The molecule has 0 atom stereocenters. The molecule has 192 valence electrons. The third-order valence-corrected chi connectivity index (χ3v) is 6.77. The van der Waals surface area contributed by atoms with Gasteiger partial charge in [0, 0.05) is 57.7 Å². The van der Waals surface area contributed by atoms with E-state index in [0.29, 0.717) is 48.0 Å². The smallest absolute Gasteiger partial charge is 0.234 e. The molecule has 0 bridgehead atoms. The van der Waals surface area contributed by atoms with Crippen LogP contribution in [0.1, 0.15) is 12.8 Å². The lowest BCUT2D eigenvalue weighted by atomic mass is 10.1. The standard InChI is InChI=1S/C26H30ClFN4O4/c1-31-6-8-32(9-7-31)10-13-34-20-15-22-25(24(16-20)35-19-4-11-33-12-5-19)26(30-17-29-22)36-23-3-2-18(28)14-21(23)27/h2-3,14-17,19H,4-13H2,1H3. The monoisotopic (exact) mass is 516 g/mol. The van der Waals surface area contributed by atoms with Gasteiger partial charge in [0.05, 0.1) is 23.8 Å². The van der Waals surface area contributed by atoms with Gasteiger partial charge >= 0.3 is 0 Å². The van der Waals surface area contributed by atoms with Gasteiger partial charge in [-0.1, -0.05) is 11.6 Å². The molecule has 0 amide bonds. The van der Waals surface area contributed by atoms with Crippen molar-refractivity contribution in [3.05, 3.63) is 47.5 Å². The van der Waals surface area contributed by atoms with Gasteiger partial charge in [0.2, 0.25) is 5.88 Å². The van der Waals surface area contributed by atoms with Crippen LogP contribution in [0.4, 0.5) is 4.39 Å². The topological polar surface area (TPSA) is 69.2 Å². The van der Waals surface area contributed by atoms with Gasteiger partial charge in [-0.25, -0.2) is 14.4 Å². The number of likely N-dealkylation sites (N-methyl/N-ethyl adjacent to an activating group) is 1. The summed E-state index contributed by atoms with van der Waals surface area (Å²) in [6.07, 6.45) is 2.97. The lowest BCUT2D eigenvalue weighted by Crippen LogP contribution is -2.45. The first-order chi connectivity index (χ1) is 17.5. The number of fused-ring (bicyclic) bond motifs is 1. The Morgan fingerprint density at radius 1 is 1.06 bits per heavy atom. The largest absolute Gasteiger partial charge is 0.492 e. The van der Waals surface area contributed by atoms with E-state index in [4.69, 9.17) is 30.5 Å². The van der Waals surface area contributed by atoms with E-state index in [1.54, 1.807) is 0 Å². The minimum Gasteiger partial charge on any atom is -0.492 e. The maximum Gasteiger partial charge on any atom is 0.234 e. The van der Waals surface area contributed by atoms with E-state index in [9.17, 15) is 4.39 Å².